The molecule has 36 heavy (non-hydrogen) atoms. The molecule has 4 nitrogen and oxygen atoms in total. The van der Waals surface area contributed by atoms with E-state index in [1.807, 2.05) is 31.4 Å². The molecule has 0 radical (unpaired) electrons. The molecule has 1 unspecified atom stereocenters. The third-order valence-corrected chi connectivity index (χ3v) is 6.54. The van der Waals surface area contributed by atoms with Gasteiger partial charge in [0.15, 0.2) is 0 Å². The molecule has 0 aromatic heterocycles. The van der Waals surface area contributed by atoms with Crippen molar-refractivity contribution in [1.29, 1.82) is 0 Å². The summed E-state index contributed by atoms with van der Waals surface area (Å²) in [6.45, 7) is 5.42. The van der Waals surface area contributed by atoms with Gasteiger partial charge in [0.05, 0.1) is 0 Å². The highest BCUT2D eigenvalue weighted by molar-refractivity contribution is 7.98. The van der Waals surface area contributed by atoms with Crippen molar-refractivity contribution in [3.8, 4) is 0 Å². The van der Waals surface area contributed by atoms with Gasteiger partial charge in [0.1, 0.15) is 11.6 Å². The van der Waals surface area contributed by atoms with Crippen LogP contribution in [0.25, 0.3) is 0 Å². The normalized spacial score (nSPS) is 11.4. The summed E-state index contributed by atoms with van der Waals surface area (Å²) in [5.74, 6) is -1.40. The largest absolute Gasteiger partial charge is 0.400 e. The second-order valence-electron chi connectivity index (χ2n) is 8.47. The van der Waals surface area contributed by atoms with Gasteiger partial charge in [-0.25, -0.2) is 8.78 Å². The number of hydrogen-bond donors (Lipinski definition) is 3. The van der Waals surface area contributed by atoms with Crippen molar-refractivity contribution in [1.82, 2.24) is 10.6 Å². The molecule has 0 aliphatic heterocycles. The van der Waals surface area contributed by atoms with E-state index in [0.717, 1.165) is 36.6 Å². The topological polar surface area (TPSA) is 61.4 Å². The lowest BCUT2D eigenvalue weighted by molar-refractivity contribution is 0.0934. The molecule has 0 saturated carbocycles. The molecule has 0 bridgehead atoms. The number of carbonyl (C=O) groups is 1. The first-order chi connectivity index (χ1) is 17.4. The Balaban J connectivity index is 0.00000222. The summed E-state index contributed by atoms with van der Waals surface area (Å²) in [7, 11) is 1.00. The number of thioether (sulfide) groups is 1. The van der Waals surface area contributed by atoms with E-state index in [1.165, 1.54) is 23.3 Å². The van der Waals surface area contributed by atoms with Crippen LogP contribution in [0.5, 0.6) is 0 Å². The van der Waals surface area contributed by atoms with Crippen LogP contribution in [0.4, 0.5) is 8.78 Å². The number of carbonyl (C=O) groups excluding carboxylic acids is 1. The van der Waals surface area contributed by atoms with Gasteiger partial charge in [-0.05, 0) is 91.6 Å². The molecule has 0 aliphatic rings. The van der Waals surface area contributed by atoms with E-state index in [-0.39, 0.29) is 11.9 Å². The van der Waals surface area contributed by atoms with Crippen LogP contribution in [-0.4, -0.2) is 37.0 Å². The van der Waals surface area contributed by atoms with Gasteiger partial charge >= 0.3 is 0 Å². The molecule has 3 rings (SSSR count). The smallest absolute Gasteiger partial charge is 0.251 e. The van der Waals surface area contributed by atoms with Crippen molar-refractivity contribution >= 4 is 17.7 Å². The number of aliphatic hydroxyl groups excluding tert-OH is 1. The first-order valence-corrected chi connectivity index (χ1v) is 13.2. The minimum absolute atomic E-state index is 0.178. The highest BCUT2D eigenvalue weighted by atomic mass is 32.2. The van der Waals surface area contributed by atoms with Crippen LogP contribution in [0.15, 0.2) is 65.6 Å². The second kappa shape index (κ2) is 15.4. The van der Waals surface area contributed by atoms with Crippen molar-refractivity contribution in [2.45, 2.75) is 50.6 Å². The molecule has 0 fully saturated rings. The molecule has 1 atom stereocenters. The van der Waals surface area contributed by atoms with Gasteiger partial charge in [0.25, 0.3) is 5.91 Å². The number of halogens is 2. The number of aryl methyl sites for hydroxylation is 2. The predicted molar refractivity (Wildman–Crippen MR) is 145 cm³/mol. The summed E-state index contributed by atoms with van der Waals surface area (Å²) >= 11 is 1.62. The zero-order valence-electron chi connectivity index (χ0n) is 21.4. The van der Waals surface area contributed by atoms with Gasteiger partial charge in [0.2, 0.25) is 0 Å². The quantitative estimate of drug-likeness (QED) is 0.227. The first-order valence-electron chi connectivity index (χ1n) is 12.0. The monoisotopic (exact) mass is 514 g/mol. The lowest BCUT2D eigenvalue weighted by Gasteiger charge is -2.20. The number of amides is 1. The zero-order valence-corrected chi connectivity index (χ0v) is 22.2. The number of nitrogens with one attached hydrogen (secondary N) is 2. The van der Waals surface area contributed by atoms with Crippen molar-refractivity contribution < 1.29 is 18.7 Å². The van der Waals surface area contributed by atoms with Crippen LogP contribution in [0, 0.1) is 18.6 Å². The average Bonchev–Trinajstić information content (AvgIpc) is 2.87. The fourth-order valence-electron chi connectivity index (χ4n) is 3.99. The molecular weight excluding hydrogens is 478 g/mol. The van der Waals surface area contributed by atoms with Gasteiger partial charge in [-0.1, -0.05) is 31.2 Å². The Morgan fingerprint density at radius 2 is 1.67 bits per heavy atom. The number of rotatable bonds is 11. The van der Waals surface area contributed by atoms with Gasteiger partial charge in [-0.15, -0.1) is 11.8 Å². The van der Waals surface area contributed by atoms with Crippen LogP contribution in [0.2, 0.25) is 0 Å². The minimum Gasteiger partial charge on any atom is -0.400 e. The maximum atomic E-state index is 13.7. The molecule has 1 amide bonds. The Morgan fingerprint density at radius 1 is 0.972 bits per heavy atom. The third kappa shape index (κ3) is 9.37. The fourth-order valence-corrected chi connectivity index (χ4v) is 4.49. The lowest BCUT2D eigenvalue weighted by Crippen LogP contribution is -2.39. The number of benzene rings is 3. The predicted octanol–water partition coefficient (Wildman–Crippen LogP) is 5.69. The van der Waals surface area contributed by atoms with Gasteiger partial charge in [0, 0.05) is 36.2 Å². The average molecular weight is 515 g/mol. The van der Waals surface area contributed by atoms with Crippen LogP contribution in [0.1, 0.15) is 46.0 Å². The maximum absolute atomic E-state index is 13.7. The maximum Gasteiger partial charge on any atom is 0.251 e. The van der Waals surface area contributed by atoms with Crippen molar-refractivity contribution in [2.24, 2.45) is 0 Å². The van der Waals surface area contributed by atoms with E-state index in [2.05, 4.69) is 41.8 Å². The first kappa shape index (κ1) is 29.5. The van der Waals surface area contributed by atoms with Crippen molar-refractivity contribution in [2.75, 3.05) is 19.9 Å². The molecule has 3 aromatic rings. The second-order valence-corrected chi connectivity index (χ2v) is 9.35. The van der Waals surface area contributed by atoms with E-state index in [1.54, 1.807) is 11.8 Å². The van der Waals surface area contributed by atoms with E-state index in [0.29, 0.717) is 30.5 Å². The molecule has 0 saturated heterocycles. The Bertz CT molecular complexity index is 1100. The molecule has 0 aliphatic carbocycles. The Labute approximate surface area is 217 Å². The fraction of sp³-hybridized carbons (Fsp3) is 0.345. The van der Waals surface area contributed by atoms with E-state index in [9.17, 15) is 13.6 Å². The molecule has 194 valence electrons. The molecule has 0 heterocycles. The Morgan fingerprint density at radius 3 is 2.31 bits per heavy atom. The summed E-state index contributed by atoms with van der Waals surface area (Å²) in [6.07, 6.45) is 3.95. The van der Waals surface area contributed by atoms with E-state index < -0.39 is 11.6 Å². The summed E-state index contributed by atoms with van der Waals surface area (Å²) in [4.78, 5) is 14.1. The standard InChI is InChI=1S/C28H32F2N2OS.CH4O/c1-4-20-6-5-7-21(13-20)18-31-11-10-25(16-22-14-23(29)17-24(30)15-22)32-28(33)27-9-8-26(34-3)12-19(27)2;1-2/h5-9,12-15,17,25,31H,4,10-11,16,18H2,1-3H3,(H,32,33);2H,1H3. The van der Waals surface area contributed by atoms with Crippen LogP contribution < -0.4 is 10.6 Å². The molecule has 7 heteroatoms. The van der Waals surface area contributed by atoms with Crippen molar-refractivity contribution in [3.63, 3.8) is 0 Å². The zero-order chi connectivity index (χ0) is 26.5. The highest BCUT2D eigenvalue weighted by Gasteiger charge is 2.17. The lowest BCUT2D eigenvalue weighted by atomic mass is 10.0. The number of aliphatic hydroxyl groups is 1. The van der Waals surface area contributed by atoms with Crippen molar-refractivity contribution in [3.05, 3.63) is 100 Å². The number of hydrogen-bond acceptors (Lipinski definition) is 4. The third-order valence-electron chi connectivity index (χ3n) is 5.82. The minimum atomic E-state index is -0.613. The molecule has 3 aromatic carbocycles. The molecule has 3 N–H and O–H groups in total. The SMILES string of the molecule is CCc1cccc(CNCCC(Cc2cc(F)cc(F)c2)NC(=O)c2ccc(SC)cc2C)c1.CO. The summed E-state index contributed by atoms with van der Waals surface area (Å²) < 4.78 is 27.5. The van der Waals surface area contributed by atoms with E-state index in [4.69, 9.17) is 5.11 Å². The van der Waals surface area contributed by atoms with Crippen LogP contribution in [-0.2, 0) is 19.4 Å². The molecule has 0 spiro atoms. The van der Waals surface area contributed by atoms with Crippen LogP contribution in [0.3, 0.4) is 0 Å². The van der Waals surface area contributed by atoms with Crippen LogP contribution >= 0.6 is 11.8 Å². The van der Waals surface area contributed by atoms with Gasteiger partial charge < -0.3 is 15.7 Å². The van der Waals surface area contributed by atoms with Gasteiger partial charge in [-0.3, -0.25) is 4.79 Å². The summed E-state index contributed by atoms with van der Waals surface area (Å²) in [5, 5.41) is 13.5. The summed E-state index contributed by atoms with van der Waals surface area (Å²) in [5.41, 5.74) is 4.52. The highest BCUT2D eigenvalue weighted by Crippen LogP contribution is 2.19. The Hall–Kier alpha value is -2.74. The summed E-state index contributed by atoms with van der Waals surface area (Å²) in [6, 6.07) is 17.4. The molecular formula is C29H36F2N2O2S. The van der Waals surface area contributed by atoms with Gasteiger partial charge in [-0.2, -0.15) is 0 Å². The van der Waals surface area contributed by atoms with E-state index >= 15 is 0 Å². The Kier molecular flexibility index (Phi) is 12.6.